The minimum absolute atomic E-state index is 0. The first-order valence-electron chi connectivity index (χ1n) is 10.6. The van der Waals surface area contributed by atoms with Gasteiger partial charge in [-0.25, -0.2) is 9.98 Å². The fourth-order valence-electron chi connectivity index (χ4n) is 3.35. The molecule has 1 aliphatic carbocycles. The summed E-state index contributed by atoms with van der Waals surface area (Å²) < 4.78 is 11.4. The van der Waals surface area contributed by atoms with Crippen LogP contribution in [0.4, 0.5) is 0 Å². The molecule has 0 amide bonds. The number of nitrogens with one attached hydrogen (secondary N) is 2. The molecule has 0 unspecified atom stereocenters. The monoisotopic (exact) mass is 522 g/mol. The number of benzene rings is 1. The smallest absolute Gasteiger partial charge is 0.213 e. The lowest BCUT2D eigenvalue weighted by atomic mass is 10.1. The van der Waals surface area contributed by atoms with Crippen molar-refractivity contribution >= 4 is 29.9 Å². The van der Waals surface area contributed by atoms with Gasteiger partial charge in [0.05, 0.1) is 19.8 Å². The van der Waals surface area contributed by atoms with Gasteiger partial charge in [0.1, 0.15) is 5.75 Å². The van der Waals surface area contributed by atoms with Crippen molar-refractivity contribution in [2.24, 2.45) is 10.9 Å². The molecule has 1 aliphatic heterocycles. The lowest BCUT2D eigenvalue weighted by Crippen LogP contribution is -2.38. The number of guanidine groups is 1. The third-order valence-corrected chi connectivity index (χ3v) is 5.19. The summed E-state index contributed by atoms with van der Waals surface area (Å²) in [5.74, 6) is 3.29. The third kappa shape index (κ3) is 6.75. The Balaban J connectivity index is 0.00000256. The van der Waals surface area contributed by atoms with Crippen LogP contribution in [0, 0.1) is 5.92 Å². The third-order valence-electron chi connectivity index (χ3n) is 5.19. The van der Waals surface area contributed by atoms with Crippen LogP contribution in [0.2, 0.25) is 0 Å². The van der Waals surface area contributed by atoms with E-state index in [4.69, 9.17) is 14.5 Å². The number of aromatic nitrogens is 1. The molecule has 2 aromatic rings. The fourth-order valence-corrected chi connectivity index (χ4v) is 3.35. The zero-order chi connectivity index (χ0) is 19.9. The van der Waals surface area contributed by atoms with E-state index >= 15 is 0 Å². The van der Waals surface area contributed by atoms with Crippen molar-refractivity contribution in [1.29, 1.82) is 0 Å². The van der Waals surface area contributed by atoms with Gasteiger partial charge < -0.3 is 20.1 Å². The molecular weight excluding hydrogens is 491 g/mol. The number of fused-ring (bicyclic) bond motifs is 1. The average Bonchev–Trinajstić information content (AvgIpc) is 3.46. The molecule has 0 spiro atoms. The molecule has 2 aliphatic rings. The number of ether oxygens (including phenoxy) is 2. The Morgan fingerprint density at radius 2 is 2.10 bits per heavy atom. The predicted octanol–water partition coefficient (Wildman–Crippen LogP) is 3.72. The molecule has 0 saturated heterocycles. The van der Waals surface area contributed by atoms with Crippen molar-refractivity contribution in [2.75, 3.05) is 26.3 Å². The van der Waals surface area contributed by atoms with Crippen molar-refractivity contribution in [3.8, 4) is 11.6 Å². The Hall–Kier alpha value is -2.03. The van der Waals surface area contributed by atoms with Gasteiger partial charge in [0, 0.05) is 31.8 Å². The van der Waals surface area contributed by atoms with Crippen LogP contribution < -0.4 is 20.1 Å². The molecule has 6 nitrogen and oxygen atoms in total. The highest BCUT2D eigenvalue weighted by Gasteiger charge is 2.22. The van der Waals surface area contributed by atoms with E-state index in [2.05, 4.69) is 40.7 Å². The van der Waals surface area contributed by atoms with Crippen LogP contribution in [0.25, 0.3) is 0 Å². The summed E-state index contributed by atoms with van der Waals surface area (Å²) in [6.45, 7) is 5.91. The number of halogens is 1. The Labute approximate surface area is 195 Å². The summed E-state index contributed by atoms with van der Waals surface area (Å²) in [7, 11) is 0. The summed E-state index contributed by atoms with van der Waals surface area (Å²) in [5.41, 5.74) is 3.74. The van der Waals surface area contributed by atoms with Crippen molar-refractivity contribution < 1.29 is 9.47 Å². The first kappa shape index (κ1) is 22.7. The van der Waals surface area contributed by atoms with Gasteiger partial charge in [0.2, 0.25) is 5.88 Å². The molecule has 0 atom stereocenters. The Morgan fingerprint density at radius 1 is 1.20 bits per heavy atom. The molecule has 0 radical (unpaired) electrons. The van der Waals surface area contributed by atoms with E-state index in [1.807, 2.05) is 12.1 Å². The Bertz CT molecular complexity index is 855. The highest BCUT2D eigenvalue weighted by molar-refractivity contribution is 14.0. The van der Waals surface area contributed by atoms with Crippen LogP contribution in [0.15, 0.2) is 41.5 Å². The van der Waals surface area contributed by atoms with E-state index in [0.29, 0.717) is 12.4 Å². The molecule has 1 saturated carbocycles. The maximum Gasteiger partial charge on any atom is 0.213 e. The Kier molecular flexibility index (Phi) is 8.60. The number of aliphatic imine (C=N–C) groups is 1. The molecule has 30 heavy (non-hydrogen) atoms. The van der Waals surface area contributed by atoms with E-state index in [-0.39, 0.29) is 24.0 Å². The summed E-state index contributed by atoms with van der Waals surface area (Å²) in [5, 5.41) is 6.75. The van der Waals surface area contributed by atoms with Crippen molar-refractivity contribution in [3.63, 3.8) is 0 Å². The molecule has 1 aromatic heterocycles. The average molecular weight is 522 g/mol. The van der Waals surface area contributed by atoms with E-state index < -0.39 is 0 Å². The van der Waals surface area contributed by atoms with E-state index in [1.165, 1.54) is 24.0 Å². The minimum Gasteiger partial charge on any atom is -0.493 e. The second-order valence-corrected chi connectivity index (χ2v) is 7.67. The first-order chi connectivity index (χ1) is 14.3. The van der Waals surface area contributed by atoms with Gasteiger partial charge in [0.25, 0.3) is 0 Å². The normalized spacial score (nSPS) is 15.0. The number of hydrogen-bond donors (Lipinski definition) is 2. The van der Waals surface area contributed by atoms with Crippen LogP contribution >= 0.6 is 24.0 Å². The van der Waals surface area contributed by atoms with Crippen LogP contribution in [0.3, 0.4) is 0 Å². The molecule has 4 rings (SSSR count). The number of pyridine rings is 1. The molecule has 0 bridgehead atoms. The highest BCUT2D eigenvalue weighted by atomic mass is 127. The van der Waals surface area contributed by atoms with Gasteiger partial charge >= 0.3 is 0 Å². The van der Waals surface area contributed by atoms with Crippen LogP contribution in [0.1, 0.15) is 36.5 Å². The molecular formula is C23H31IN4O2. The lowest BCUT2D eigenvalue weighted by Gasteiger charge is -2.12. The van der Waals surface area contributed by atoms with Crippen molar-refractivity contribution in [2.45, 2.75) is 39.2 Å². The zero-order valence-electron chi connectivity index (χ0n) is 17.5. The van der Waals surface area contributed by atoms with E-state index in [9.17, 15) is 0 Å². The second kappa shape index (κ2) is 11.4. The minimum atomic E-state index is 0. The maximum atomic E-state index is 5.77. The summed E-state index contributed by atoms with van der Waals surface area (Å²) in [4.78, 5) is 9.01. The lowest BCUT2D eigenvalue weighted by molar-refractivity contribution is 0.288. The van der Waals surface area contributed by atoms with Crippen molar-refractivity contribution in [1.82, 2.24) is 15.6 Å². The summed E-state index contributed by atoms with van der Waals surface area (Å²) in [6, 6.07) is 10.5. The molecule has 1 fully saturated rings. The predicted molar refractivity (Wildman–Crippen MR) is 130 cm³/mol. The van der Waals surface area contributed by atoms with Gasteiger partial charge in [-0.05, 0) is 60.9 Å². The molecule has 7 heteroatoms. The topological polar surface area (TPSA) is 67.8 Å². The van der Waals surface area contributed by atoms with Gasteiger partial charge in [0.15, 0.2) is 5.96 Å². The SMILES string of the molecule is CCNC(=NCc1ccnc(OCC2CC2)c1)NCCc1ccc2c(c1)CCO2.I. The molecule has 162 valence electrons. The zero-order valence-corrected chi connectivity index (χ0v) is 19.9. The van der Waals surface area contributed by atoms with Gasteiger partial charge in [-0.1, -0.05) is 12.1 Å². The van der Waals surface area contributed by atoms with Crippen molar-refractivity contribution in [3.05, 3.63) is 53.2 Å². The Morgan fingerprint density at radius 3 is 2.93 bits per heavy atom. The second-order valence-electron chi connectivity index (χ2n) is 7.67. The fraction of sp³-hybridized carbons (Fsp3) is 0.478. The summed E-state index contributed by atoms with van der Waals surface area (Å²) >= 11 is 0. The molecule has 1 aromatic carbocycles. The standard InChI is InChI=1S/C23H30N4O2.HI/c1-2-24-23(26-11-7-17-5-6-21-20(13-17)9-12-28-21)27-15-19-8-10-25-22(14-19)29-16-18-3-4-18;/h5-6,8,10,13-14,18H,2-4,7,9,11-12,15-16H2,1H3,(H2,24,26,27);1H. The van der Waals surface area contributed by atoms with E-state index in [0.717, 1.165) is 62.3 Å². The van der Waals surface area contributed by atoms with Crippen LogP contribution in [-0.4, -0.2) is 37.2 Å². The molecule has 2 heterocycles. The number of rotatable bonds is 9. The molecule has 2 N–H and O–H groups in total. The number of nitrogens with zero attached hydrogens (tertiary/aromatic N) is 2. The highest BCUT2D eigenvalue weighted by Crippen LogP contribution is 2.29. The first-order valence-corrected chi connectivity index (χ1v) is 10.6. The van der Waals surface area contributed by atoms with Crippen LogP contribution in [-0.2, 0) is 19.4 Å². The van der Waals surface area contributed by atoms with Crippen LogP contribution in [0.5, 0.6) is 11.6 Å². The maximum absolute atomic E-state index is 5.77. The number of hydrogen-bond acceptors (Lipinski definition) is 4. The van der Waals surface area contributed by atoms with Gasteiger partial charge in [-0.3, -0.25) is 0 Å². The summed E-state index contributed by atoms with van der Waals surface area (Å²) in [6.07, 6.45) is 6.32. The largest absolute Gasteiger partial charge is 0.493 e. The quantitative estimate of drug-likeness (QED) is 0.299. The van der Waals surface area contributed by atoms with E-state index in [1.54, 1.807) is 6.20 Å². The van der Waals surface area contributed by atoms with Gasteiger partial charge in [-0.2, -0.15) is 0 Å². The van der Waals surface area contributed by atoms with Gasteiger partial charge in [-0.15, -0.1) is 24.0 Å².